The molecule has 2 aromatic rings. The van der Waals surface area contributed by atoms with Crippen LogP contribution in [-0.2, 0) is 0 Å². The number of nitrogens with one attached hydrogen (secondary N) is 1. The van der Waals surface area contributed by atoms with Crippen LogP contribution in [0.15, 0.2) is 36.5 Å². The summed E-state index contributed by atoms with van der Waals surface area (Å²) in [5.41, 5.74) is 0.727. The zero-order valence-electron chi connectivity index (χ0n) is 8.66. The highest BCUT2D eigenvalue weighted by molar-refractivity contribution is 6.07. The molecule has 0 aliphatic rings. The molecule has 0 spiro atoms. The Hall–Kier alpha value is -2.10. The number of carbonyl (C=O) groups excluding carboxylic acids is 1. The Morgan fingerprint density at radius 3 is 2.75 bits per heavy atom. The van der Waals surface area contributed by atoms with E-state index in [1.54, 1.807) is 18.3 Å². The number of benzene rings is 1. The van der Waals surface area contributed by atoms with Crippen molar-refractivity contribution in [3.05, 3.63) is 53.6 Å². The van der Waals surface area contributed by atoms with E-state index in [1.165, 1.54) is 25.3 Å². The molecule has 0 aliphatic heterocycles. The second kappa shape index (κ2) is 4.18. The van der Waals surface area contributed by atoms with Gasteiger partial charge in [0.1, 0.15) is 0 Å². The summed E-state index contributed by atoms with van der Waals surface area (Å²) >= 11 is 0. The van der Waals surface area contributed by atoms with E-state index in [0.29, 0.717) is 11.3 Å². The van der Waals surface area contributed by atoms with Gasteiger partial charge in [-0.1, -0.05) is 0 Å². The van der Waals surface area contributed by atoms with Gasteiger partial charge in [-0.05, 0) is 30.3 Å². The zero-order chi connectivity index (χ0) is 11.5. The lowest BCUT2D eigenvalue weighted by molar-refractivity contribution is 0.103. The molecule has 0 fully saturated rings. The molecule has 0 bridgehead atoms. The molecule has 1 aromatic heterocycles. The number of H-pyrrole nitrogens is 1. The predicted molar refractivity (Wildman–Crippen MR) is 57.2 cm³/mol. The van der Waals surface area contributed by atoms with E-state index in [9.17, 15) is 9.18 Å². The van der Waals surface area contributed by atoms with Gasteiger partial charge in [-0.15, -0.1) is 0 Å². The fourth-order valence-corrected chi connectivity index (χ4v) is 1.43. The number of halogens is 1. The molecule has 0 unspecified atom stereocenters. The van der Waals surface area contributed by atoms with Crippen LogP contribution in [0, 0.1) is 5.82 Å². The second-order valence-corrected chi connectivity index (χ2v) is 3.26. The first-order valence-corrected chi connectivity index (χ1v) is 4.74. The van der Waals surface area contributed by atoms with Crippen molar-refractivity contribution in [3.8, 4) is 5.75 Å². The van der Waals surface area contributed by atoms with Crippen LogP contribution in [0.1, 0.15) is 16.1 Å². The minimum Gasteiger partial charge on any atom is -0.494 e. The van der Waals surface area contributed by atoms with Gasteiger partial charge in [-0.2, -0.15) is 0 Å². The summed E-state index contributed by atoms with van der Waals surface area (Å²) in [6, 6.07) is 7.50. The van der Waals surface area contributed by atoms with Gasteiger partial charge in [-0.3, -0.25) is 4.79 Å². The van der Waals surface area contributed by atoms with Crippen LogP contribution in [-0.4, -0.2) is 17.9 Å². The van der Waals surface area contributed by atoms with Gasteiger partial charge >= 0.3 is 0 Å². The summed E-state index contributed by atoms with van der Waals surface area (Å²) in [6.07, 6.45) is 1.65. The molecule has 3 nitrogen and oxygen atoms in total. The molecule has 1 aromatic carbocycles. The van der Waals surface area contributed by atoms with Crippen molar-refractivity contribution in [2.75, 3.05) is 7.11 Å². The van der Waals surface area contributed by atoms with Crippen LogP contribution in [0.2, 0.25) is 0 Å². The quantitative estimate of drug-likeness (QED) is 0.805. The maximum atomic E-state index is 13.4. The minimum atomic E-state index is -0.542. The molecule has 0 radical (unpaired) electrons. The van der Waals surface area contributed by atoms with Crippen molar-refractivity contribution in [1.29, 1.82) is 0 Å². The summed E-state index contributed by atoms with van der Waals surface area (Å²) in [7, 11) is 1.38. The maximum absolute atomic E-state index is 13.4. The Labute approximate surface area is 91.9 Å². The smallest absolute Gasteiger partial charge is 0.209 e. The molecule has 0 amide bonds. The number of rotatable bonds is 3. The molecular weight excluding hydrogens is 209 g/mol. The first-order chi connectivity index (χ1) is 7.72. The number of aromatic nitrogens is 1. The highest BCUT2D eigenvalue weighted by Crippen LogP contribution is 2.19. The third kappa shape index (κ3) is 1.82. The van der Waals surface area contributed by atoms with E-state index in [1.807, 2.05) is 0 Å². The predicted octanol–water partition coefficient (Wildman–Crippen LogP) is 2.39. The number of aromatic amines is 1. The maximum Gasteiger partial charge on any atom is 0.209 e. The van der Waals surface area contributed by atoms with Crippen LogP contribution in [0.3, 0.4) is 0 Å². The largest absolute Gasteiger partial charge is 0.494 e. The van der Waals surface area contributed by atoms with Crippen LogP contribution in [0.4, 0.5) is 4.39 Å². The van der Waals surface area contributed by atoms with Gasteiger partial charge in [0.25, 0.3) is 0 Å². The number of ketones is 1. The molecule has 0 aliphatic carbocycles. The Kier molecular flexibility index (Phi) is 2.72. The highest BCUT2D eigenvalue weighted by atomic mass is 19.1. The SMILES string of the molecule is COc1ccc(C(=O)c2ccc[nH]2)cc1F. The third-order valence-electron chi connectivity index (χ3n) is 2.26. The molecular formula is C12H10FNO2. The Morgan fingerprint density at radius 1 is 1.38 bits per heavy atom. The second-order valence-electron chi connectivity index (χ2n) is 3.26. The number of ether oxygens (including phenoxy) is 1. The van der Waals surface area contributed by atoms with Crippen molar-refractivity contribution in [1.82, 2.24) is 4.98 Å². The molecule has 1 N–H and O–H groups in total. The van der Waals surface area contributed by atoms with Crippen molar-refractivity contribution in [2.24, 2.45) is 0 Å². The lowest BCUT2D eigenvalue weighted by Gasteiger charge is -2.03. The average molecular weight is 219 g/mol. The van der Waals surface area contributed by atoms with Gasteiger partial charge in [0.05, 0.1) is 12.8 Å². The van der Waals surface area contributed by atoms with Crippen molar-refractivity contribution in [2.45, 2.75) is 0 Å². The highest BCUT2D eigenvalue weighted by Gasteiger charge is 2.12. The third-order valence-corrected chi connectivity index (χ3v) is 2.26. The standard InChI is InChI=1S/C12H10FNO2/c1-16-11-5-4-8(7-9(11)13)12(15)10-3-2-6-14-10/h2-7,14H,1H3. The van der Waals surface area contributed by atoms with E-state index >= 15 is 0 Å². The summed E-state index contributed by atoms with van der Waals surface area (Å²) in [5, 5.41) is 0. The van der Waals surface area contributed by atoms with Crippen LogP contribution in [0.25, 0.3) is 0 Å². The Bertz CT molecular complexity index is 506. The van der Waals surface area contributed by atoms with E-state index in [-0.39, 0.29) is 11.5 Å². The summed E-state index contributed by atoms with van der Waals surface area (Å²) in [4.78, 5) is 14.6. The topological polar surface area (TPSA) is 42.1 Å². The van der Waals surface area contributed by atoms with E-state index < -0.39 is 5.82 Å². The molecule has 0 saturated carbocycles. The Morgan fingerprint density at radius 2 is 2.19 bits per heavy atom. The summed E-state index contributed by atoms with van der Waals surface area (Å²) in [6.45, 7) is 0. The van der Waals surface area contributed by atoms with Gasteiger partial charge < -0.3 is 9.72 Å². The molecule has 0 atom stereocenters. The van der Waals surface area contributed by atoms with Crippen molar-refractivity contribution >= 4 is 5.78 Å². The number of carbonyl (C=O) groups is 1. The molecule has 0 saturated heterocycles. The van der Waals surface area contributed by atoms with Crippen LogP contribution >= 0.6 is 0 Å². The van der Waals surface area contributed by atoms with E-state index in [4.69, 9.17) is 4.74 Å². The molecule has 82 valence electrons. The minimum absolute atomic E-state index is 0.128. The monoisotopic (exact) mass is 219 g/mol. The molecule has 2 rings (SSSR count). The first kappa shape index (κ1) is 10.4. The van der Waals surface area contributed by atoms with Crippen LogP contribution < -0.4 is 4.74 Å². The van der Waals surface area contributed by atoms with Gasteiger partial charge in [0.2, 0.25) is 5.78 Å². The lowest BCUT2D eigenvalue weighted by atomic mass is 10.1. The fourth-order valence-electron chi connectivity index (χ4n) is 1.43. The molecule has 16 heavy (non-hydrogen) atoms. The molecule has 4 heteroatoms. The number of hydrogen-bond donors (Lipinski definition) is 1. The van der Waals surface area contributed by atoms with E-state index in [0.717, 1.165) is 0 Å². The first-order valence-electron chi connectivity index (χ1n) is 4.74. The number of hydrogen-bond acceptors (Lipinski definition) is 2. The zero-order valence-corrected chi connectivity index (χ0v) is 8.66. The van der Waals surface area contributed by atoms with Gasteiger partial charge in [0.15, 0.2) is 11.6 Å². The molecule has 1 heterocycles. The fraction of sp³-hybridized carbons (Fsp3) is 0.0833. The van der Waals surface area contributed by atoms with Crippen LogP contribution in [0.5, 0.6) is 5.75 Å². The van der Waals surface area contributed by atoms with Crippen molar-refractivity contribution in [3.63, 3.8) is 0 Å². The summed E-state index contributed by atoms with van der Waals surface area (Å²) in [5.74, 6) is -0.658. The van der Waals surface area contributed by atoms with Gasteiger partial charge in [0, 0.05) is 11.8 Å². The Balaban J connectivity index is 2.35. The average Bonchev–Trinajstić information content (AvgIpc) is 2.81. The summed E-state index contributed by atoms with van der Waals surface area (Å²) < 4.78 is 18.1. The van der Waals surface area contributed by atoms with E-state index in [2.05, 4.69) is 4.98 Å². The van der Waals surface area contributed by atoms with Gasteiger partial charge in [-0.25, -0.2) is 4.39 Å². The number of methoxy groups -OCH3 is 1. The normalized spacial score (nSPS) is 10.1. The van der Waals surface area contributed by atoms with Crippen molar-refractivity contribution < 1.29 is 13.9 Å². The lowest BCUT2D eigenvalue weighted by Crippen LogP contribution is -2.02.